The van der Waals surface area contributed by atoms with Gasteiger partial charge in [0.25, 0.3) is 0 Å². The first kappa shape index (κ1) is 19.0. The molecule has 2 atom stereocenters. The Morgan fingerprint density at radius 1 is 0.962 bits per heavy atom. The van der Waals surface area contributed by atoms with Gasteiger partial charge in [0, 0.05) is 17.0 Å². The first-order valence-electron chi connectivity index (χ1n) is 9.43. The Kier molecular flexibility index (Phi) is 6.02. The number of hydrogen-bond donors (Lipinski definition) is 0. The third-order valence-electron chi connectivity index (χ3n) is 5.28. The van der Waals surface area contributed by atoms with Gasteiger partial charge in [-0.05, 0) is 42.9 Å². The molecule has 0 aromatic heterocycles. The fraction of sp³-hybridized carbons (Fsp3) is 0.455. The molecule has 1 aliphatic rings. The van der Waals surface area contributed by atoms with E-state index < -0.39 is 17.5 Å². The molecule has 4 heteroatoms. The zero-order valence-electron chi connectivity index (χ0n) is 15.3. The highest BCUT2D eigenvalue weighted by atomic mass is 19.2. The van der Waals surface area contributed by atoms with Gasteiger partial charge in [-0.25, -0.2) is 13.2 Å². The van der Waals surface area contributed by atoms with E-state index in [9.17, 15) is 13.2 Å². The molecule has 3 rings (SSSR count). The van der Waals surface area contributed by atoms with Crippen LogP contribution in [0.25, 0.3) is 11.1 Å². The lowest BCUT2D eigenvalue weighted by Gasteiger charge is -2.29. The van der Waals surface area contributed by atoms with Gasteiger partial charge in [-0.1, -0.05) is 44.5 Å². The maximum absolute atomic E-state index is 14.7. The average molecular weight is 362 g/mol. The minimum Gasteiger partial charge on any atom is -0.378 e. The maximum atomic E-state index is 14.7. The van der Waals surface area contributed by atoms with E-state index in [1.165, 1.54) is 18.2 Å². The summed E-state index contributed by atoms with van der Waals surface area (Å²) in [7, 11) is 0. The van der Waals surface area contributed by atoms with Gasteiger partial charge in [0.05, 0.1) is 12.7 Å². The highest BCUT2D eigenvalue weighted by Crippen LogP contribution is 2.34. The molecule has 0 amide bonds. The molecule has 0 radical (unpaired) electrons. The zero-order valence-corrected chi connectivity index (χ0v) is 15.3. The second kappa shape index (κ2) is 8.26. The standard InChI is InChI=1S/C22H25F3O/c1-3-5-17-9-6-16(13-26-17)15-8-10-18(20(23)12-15)19-11-7-14(4-2)21(24)22(19)25/h7-8,10-12,16-17H,3-6,9,13H2,1-2H3. The largest absolute Gasteiger partial charge is 0.378 e. The summed E-state index contributed by atoms with van der Waals surface area (Å²) in [5, 5.41) is 0. The number of halogens is 3. The Labute approximate surface area is 153 Å². The van der Waals surface area contributed by atoms with E-state index in [4.69, 9.17) is 4.74 Å². The van der Waals surface area contributed by atoms with Crippen LogP contribution in [0, 0.1) is 17.5 Å². The molecule has 0 aliphatic carbocycles. The van der Waals surface area contributed by atoms with E-state index in [0.29, 0.717) is 24.7 Å². The van der Waals surface area contributed by atoms with Crippen LogP contribution >= 0.6 is 0 Å². The predicted octanol–water partition coefficient (Wildman–Crippen LogP) is 6.40. The molecule has 26 heavy (non-hydrogen) atoms. The molecular formula is C22H25F3O. The van der Waals surface area contributed by atoms with Crippen LogP contribution in [0.1, 0.15) is 56.6 Å². The maximum Gasteiger partial charge on any atom is 0.167 e. The molecule has 1 heterocycles. The fourth-order valence-electron chi connectivity index (χ4n) is 3.69. The van der Waals surface area contributed by atoms with Gasteiger partial charge in [0.1, 0.15) is 5.82 Å². The van der Waals surface area contributed by atoms with Gasteiger partial charge >= 0.3 is 0 Å². The molecule has 1 fully saturated rings. The molecule has 1 nitrogen and oxygen atoms in total. The molecule has 2 unspecified atom stereocenters. The van der Waals surface area contributed by atoms with E-state index in [1.54, 1.807) is 19.1 Å². The van der Waals surface area contributed by atoms with Crippen LogP contribution in [0.4, 0.5) is 13.2 Å². The summed E-state index contributed by atoms with van der Waals surface area (Å²) in [6, 6.07) is 7.76. The van der Waals surface area contributed by atoms with Crippen LogP contribution in [0.15, 0.2) is 30.3 Å². The van der Waals surface area contributed by atoms with E-state index >= 15 is 0 Å². The molecule has 2 aromatic rings. The normalized spacial score (nSPS) is 20.3. The van der Waals surface area contributed by atoms with Crippen molar-refractivity contribution >= 4 is 0 Å². The molecule has 2 aromatic carbocycles. The van der Waals surface area contributed by atoms with Crippen molar-refractivity contribution in [1.82, 2.24) is 0 Å². The second-order valence-electron chi connectivity index (χ2n) is 7.01. The topological polar surface area (TPSA) is 9.23 Å². The highest BCUT2D eigenvalue weighted by molar-refractivity contribution is 5.66. The zero-order chi connectivity index (χ0) is 18.7. The molecule has 1 aliphatic heterocycles. The molecule has 0 N–H and O–H groups in total. The number of ether oxygens (including phenoxy) is 1. The lowest BCUT2D eigenvalue weighted by atomic mass is 9.89. The summed E-state index contributed by atoms with van der Waals surface area (Å²) in [5.74, 6) is -2.26. The average Bonchev–Trinajstić information content (AvgIpc) is 2.65. The monoisotopic (exact) mass is 362 g/mol. The van der Waals surface area contributed by atoms with Crippen molar-refractivity contribution in [2.75, 3.05) is 6.61 Å². The van der Waals surface area contributed by atoms with Crippen LogP contribution in [-0.2, 0) is 11.2 Å². The summed E-state index contributed by atoms with van der Waals surface area (Å²) in [6.07, 6.45) is 4.77. The summed E-state index contributed by atoms with van der Waals surface area (Å²) in [5.41, 5.74) is 1.21. The minimum atomic E-state index is -0.987. The van der Waals surface area contributed by atoms with E-state index in [0.717, 1.165) is 31.2 Å². The summed E-state index contributed by atoms with van der Waals surface area (Å²) in [6.45, 7) is 4.47. The molecule has 0 saturated carbocycles. The number of hydrogen-bond acceptors (Lipinski definition) is 1. The van der Waals surface area contributed by atoms with Gasteiger partial charge in [0.15, 0.2) is 11.6 Å². The highest BCUT2D eigenvalue weighted by Gasteiger charge is 2.24. The van der Waals surface area contributed by atoms with Gasteiger partial charge in [0.2, 0.25) is 0 Å². The SMILES string of the molecule is CCCC1CCC(c2ccc(-c3ccc(CC)c(F)c3F)c(F)c2)CO1. The molecule has 0 bridgehead atoms. The van der Waals surface area contributed by atoms with Crippen molar-refractivity contribution < 1.29 is 17.9 Å². The predicted molar refractivity (Wildman–Crippen MR) is 97.8 cm³/mol. The van der Waals surface area contributed by atoms with Crippen LogP contribution in [-0.4, -0.2) is 12.7 Å². The second-order valence-corrected chi connectivity index (χ2v) is 7.01. The van der Waals surface area contributed by atoms with Crippen molar-refractivity contribution in [3.05, 3.63) is 58.9 Å². The Balaban J connectivity index is 1.82. The van der Waals surface area contributed by atoms with Gasteiger partial charge < -0.3 is 4.74 Å². The Bertz CT molecular complexity index is 764. The van der Waals surface area contributed by atoms with E-state index in [1.807, 2.05) is 0 Å². The Hall–Kier alpha value is -1.81. The molecule has 140 valence electrons. The summed E-state index contributed by atoms with van der Waals surface area (Å²) >= 11 is 0. The lowest BCUT2D eigenvalue weighted by Crippen LogP contribution is -2.24. The van der Waals surface area contributed by atoms with Crippen LogP contribution in [0.3, 0.4) is 0 Å². The molecule has 0 spiro atoms. The van der Waals surface area contributed by atoms with E-state index in [2.05, 4.69) is 6.92 Å². The van der Waals surface area contributed by atoms with Crippen molar-refractivity contribution in [2.45, 2.75) is 58.0 Å². The first-order chi connectivity index (χ1) is 12.5. The third-order valence-corrected chi connectivity index (χ3v) is 5.28. The smallest absolute Gasteiger partial charge is 0.167 e. The first-order valence-corrected chi connectivity index (χ1v) is 9.43. The van der Waals surface area contributed by atoms with Crippen LogP contribution in [0.2, 0.25) is 0 Å². The van der Waals surface area contributed by atoms with Crippen LogP contribution in [0.5, 0.6) is 0 Å². The Morgan fingerprint density at radius 2 is 1.73 bits per heavy atom. The number of aryl methyl sites for hydroxylation is 1. The van der Waals surface area contributed by atoms with Gasteiger partial charge in [-0.2, -0.15) is 0 Å². The molecular weight excluding hydrogens is 337 g/mol. The number of benzene rings is 2. The Morgan fingerprint density at radius 3 is 2.35 bits per heavy atom. The lowest BCUT2D eigenvalue weighted by molar-refractivity contribution is -0.00115. The van der Waals surface area contributed by atoms with Crippen molar-refractivity contribution in [2.24, 2.45) is 0 Å². The summed E-state index contributed by atoms with van der Waals surface area (Å²) in [4.78, 5) is 0. The number of rotatable bonds is 5. The van der Waals surface area contributed by atoms with Crippen LogP contribution < -0.4 is 0 Å². The van der Waals surface area contributed by atoms with E-state index in [-0.39, 0.29) is 17.0 Å². The van der Waals surface area contributed by atoms with Gasteiger partial charge in [-0.3, -0.25) is 0 Å². The fourth-order valence-corrected chi connectivity index (χ4v) is 3.69. The summed E-state index contributed by atoms with van der Waals surface area (Å²) < 4.78 is 48.9. The van der Waals surface area contributed by atoms with Gasteiger partial charge in [-0.15, -0.1) is 0 Å². The van der Waals surface area contributed by atoms with Crippen molar-refractivity contribution in [3.8, 4) is 11.1 Å². The molecule has 1 saturated heterocycles. The van der Waals surface area contributed by atoms with Crippen molar-refractivity contribution in [1.29, 1.82) is 0 Å². The minimum absolute atomic E-state index is 0.0355. The third kappa shape index (κ3) is 3.80. The van der Waals surface area contributed by atoms with Crippen molar-refractivity contribution in [3.63, 3.8) is 0 Å². The quantitative estimate of drug-likeness (QED) is 0.598.